The number of esters is 1. The molecule has 0 amide bonds. The smallest absolute Gasteiger partial charge is 0.362 e. The average Bonchev–Trinajstić information content (AvgIpc) is 2.32. The first-order valence-corrected chi connectivity index (χ1v) is 7.88. The minimum atomic E-state index is -0.722. The molecule has 0 atom stereocenters. The number of halogens is 3. The lowest BCUT2D eigenvalue weighted by Gasteiger charge is -2.04. The van der Waals surface area contributed by atoms with Crippen LogP contribution in [-0.2, 0) is 9.53 Å². The highest BCUT2D eigenvalue weighted by Gasteiger charge is 2.15. The molecule has 1 aromatic rings. The number of allylic oxidation sites excluding steroid dienone is 1. The minimum Gasteiger partial charge on any atom is -0.510 e. The molecule has 0 unspecified atom stereocenters. The average molecular weight is 471 g/mol. The summed E-state index contributed by atoms with van der Waals surface area (Å²) < 4.78 is 7.01. The van der Waals surface area contributed by atoms with Gasteiger partial charge in [0.05, 0.1) is 6.61 Å². The number of aliphatic hydroxyl groups is 1. The van der Waals surface area contributed by atoms with Crippen molar-refractivity contribution < 1.29 is 14.6 Å². The molecule has 0 aliphatic heterocycles. The third-order valence-electron chi connectivity index (χ3n) is 2.04. The van der Waals surface area contributed by atoms with Gasteiger partial charge in [0.15, 0.2) is 0 Å². The van der Waals surface area contributed by atoms with E-state index in [2.05, 4.69) is 58.0 Å². The maximum Gasteiger partial charge on any atom is 0.362 e. The van der Waals surface area contributed by atoms with Gasteiger partial charge in [-0.05, 0) is 57.8 Å². The molecule has 8 heteroatoms. The third kappa shape index (κ3) is 4.68. The van der Waals surface area contributed by atoms with E-state index in [0.717, 1.165) is 4.47 Å². The Bertz CT molecular complexity index is 558. The second-order valence-corrected chi connectivity index (χ2v) is 6.20. The Morgan fingerprint density at radius 2 is 1.85 bits per heavy atom. The molecule has 0 spiro atoms. The molecule has 1 aromatic carbocycles. The highest BCUT2D eigenvalue weighted by molar-refractivity contribution is 9.11. The number of ether oxygens (including phenoxy) is 1. The van der Waals surface area contributed by atoms with Crippen molar-refractivity contribution in [1.82, 2.24) is 0 Å². The van der Waals surface area contributed by atoms with Crippen molar-refractivity contribution >= 4 is 59.4 Å². The van der Waals surface area contributed by atoms with E-state index in [1.165, 1.54) is 6.92 Å². The lowest BCUT2D eigenvalue weighted by Crippen LogP contribution is -2.07. The monoisotopic (exact) mass is 468 g/mol. The first kappa shape index (κ1) is 17.3. The van der Waals surface area contributed by atoms with Gasteiger partial charge in [0.1, 0.15) is 11.4 Å². The van der Waals surface area contributed by atoms with Crippen LogP contribution < -0.4 is 0 Å². The molecule has 0 bridgehead atoms. The van der Waals surface area contributed by atoms with Crippen molar-refractivity contribution in [1.29, 1.82) is 0 Å². The number of hydrogen-bond acceptors (Lipinski definition) is 5. The minimum absolute atomic E-state index is 0.191. The normalized spacial score (nSPS) is 12.4. The van der Waals surface area contributed by atoms with E-state index in [-0.39, 0.29) is 18.1 Å². The van der Waals surface area contributed by atoms with Gasteiger partial charge >= 0.3 is 5.97 Å². The van der Waals surface area contributed by atoms with E-state index in [0.29, 0.717) is 14.6 Å². The van der Waals surface area contributed by atoms with E-state index < -0.39 is 5.97 Å². The van der Waals surface area contributed by atoms with Crippen LogP contribution in [0.5, 0.6) is 0 Å². The van der Waals surface area contributed by atoms with Gasteiger partial charge in [-0.2, -0.15) is 0 Å². The second kappa shape index (κ2) is 7.90. The fraction of sp³-hybridized carbons (Fsp3) is 0.250. The van der Waals surface area contributed by atoms with Gasteiger partial charge in [0, 0.05) is 13.4 Å². The lowest BCUT2D eigenvalue weighted by molar-refractivity contribution is -0.138. The molecule has 0 aliphatic rings. The van der Waals surface area contributed by atoms with E-state index >= 15 is 0 Å². The summed E-state index contributed by atoms with van der Waals surface area (Å²) in [6.07, 6.45) is 0. The number of aliphatic hydroxyl groups excluding tert-OH is 1. The van der Waals surface area contributed by atoms with Crippen molar-refractivity contribution in [2.45, 2.75) is 13.8 Å². The summed E-state index contributed by atoms with van der Waals surface area (Å²) in [5, 5.41) is 17.2. The number of azo groups is 1. The zero-order valence-electron chi connectivity index (χ0n) is 10.7. The van der Waals surface area contributed by atoms with Crippen LogP contribution in [0.25, 0.3) is 0 Å². The van der Waals surface area contributed by atoms with Crippen molar-refractivity contribution in [3.8, 4) is 0 Å². The highest BCUT2D eigenvalue weighted by Crippen LogP contribution is 2.37. The summed E-state index contributed by atoms with van der Waals surface area (Å²) >= 11 is 10.0. The Labute approximate surface area is 141 Å². The van der Waals surface area contributed by atoms with E-state index in [1.54, 1.807) is 19.1 Å². The van der Waals surface area contributed by atoms with Crippen LogP contribution in [-0.4, -0.2) is 17.7 Å². The fourth-order valence-electron chi connectivity index (χ4n) is 1.19. The van der Waals surface area contributed by atoms with Gasteiger partial charge in [-0.25, -0.2) is 4.79 Å². The van der Waals surface area contributed by atoms with Crippen molar-refractivity contribution in [2.24, 2.45) is 10.2 Å². The molecule has 0 aromatic heterocycles. The first-order chi connectivity index (χ1) is 9.36. The maximum atomic E-state index is 11.6. The Hall–Kier alpha value is -0.730. The van der Waals surface area contributed by atoms with Crippen molar-refractivity contribution in [3.63, 3.8) is 0 Å². The maximum absolute atomic E-state index is 11.6. The van der Waals surface area contributed by atoms with E-state index in [1.807, 2.05) is 0 Å². The lowest BCUT2D eigenvalue weighted by atomic mass is 10.3. The molecular weight excluding hydrogens is 460 g/mol. The molecule has 0 saturated heterocycles. The molecular formula is C12H11Br3N2O3. The third-order valence-corrected chi connectivity index (χ3v) is 3.71. The summed E-state index contributed by atoms with van der Waals surface area (Å²) in [7, 11) is 0. The molecule has 0 saturated carbocycles. The van der Waals surface area contributed by atoms with Crippen LogP contribution in [0, 0.1) is 0 Å². The summed E-state index contributed by atoms with van der Waals surface area (Å²) in [6.45, 7) is 3.20. The molecule has 0 radical (unpaired) electrons. The summed E-state index contributed by atoms with van der Waals surface area (Å²) in [5.41, 5.74) is 0.268. The van der Waals surface area contributed by atoms with Crippen LogP contribution in [0.15, 0.2) is 47.2 Å². The number of carbonyl (C=O) groups excluding carboxylic acids is 1. The molecule has 5 nitrogen and oxygen atoms in total. The Morgan fingerprint density at radius 3 is 2.30 bits per heavy atom. The van der Waals surface area contributed by atoms with Crippen LogP contribution in [0.4, 0.5) is 5.69 Å². The van der Waals surface area contributed by atoms with Crippen molar-refractivity contribution in [3.05, 3.63) is 37.0 Å². The Kier molecular flexibility index (Phi) is 6.84. The van der Waals surface area contributed by atoms with Gasteiger partial charge < -0.3 is 9.84 Å². The number of benzene rings is 1. The molecule has 0 heterocycles. The summed E-state index contributed by atoms with van der Waals surface area (Å²) in [5.74, 6) is -0.975. The number of rotatable bonds is 4. The van der Waals surface area contributed by atoms with Gasteiger partial charge in [-0.1, -0.05) is 15.9 Å². The second-order valence-electron chi connectivity index (χ2n) is 3.57. The summed E-state index contributed by atoms with van der Waals surface area (Å²) in [4.78, 5) is 11.6. The zero-order valence-corrected chi connectivity index (χ0v) is 15.4. The SMILES string of the molecule is CCOC(=O)/C(N=Nc1c(Br)cc(Br)cc1Br)=C(/C)O. The fourth-order valence-corrected chi connectivity index (χ4v) is 3.61. The van der Waals surface area contributed by atoms with Gasteiger partial charge in [0.25, 0.3) is 0 Å². The number of carbonyl (C=O) groups is 1. The molecule has 0 fully saturated rings. The van der Waals surface area contributed by atoms with Gasteiger partial charge in [-0.15, -0.1) is 10.2 Å². The van der Waals surface area contributed by atoms with E-state index in [4.69, 9.17) is 4.74 Å². The van der Waals surface area contributed by atoms with Crippen molar-refractivity contribution in [2.75, 3.05) is 6.61 Å². The van der Waals surface area contributed by atoms with Gasteiger partial charge in [-0.3, -0.25) is 0 Å². The number of nitrogens with zero attached hydrogens (tertiary/aromatic N) is 2. The topological polar surface area (TPSA) is 71.2 Å². The molecule has 1 N–H and O–H groups in total. The Balaban J connectivity index is 3.13. The largest absolute Gasteiger partial charge is 0.510 e. The zero-order chi connectivity index (χ0) is 15.3. The van der Waals surface area contributed by atoms with Crippen LogP contribution in [0.1, 0.15) is 13.8 Å². The Morgan fingerprint density at radius 1 is 1.30 bits per heavy atom. The quantitative estimate of drug-likeness (QED) is 0.277. The summed E-state index contributed by atoms with van der Waals surface area (Å²) in [6, 6.07) is 3.58. The van der Waals surface area contributed by atoms with Crippen LogP contribution in [0.2, 0.25) is 0 Å². The molecule has 1 rings (SSSR count). The molecule has 20 heavy (non-hydrogen) atoms. The molecule has 108 valence electrons. The number of hydrogen-bond donors (Lipinski definition) is 1. The predicted molar refractivity (Wildman–Crippen MR) is 86.0 cm³/mol. The van der Waals surface area contributed by atoms with Crippen LogP contribution in [0.3, 0.4) is 0 Å². The predicted octanol–water partition coefficient (Wildman–Crippen LogP) is 5.41. The van der Waals surface area contributed by atoms with Crippen LogP contribution >= 0.6 is 47.8 Å². The highest BCUT2D eigenvalue weighted by atomic mass is 79.9. The first-order valence-electron chi connectivity index (χ1n) is 5.50. The van der Waals surface area contributed by atoms with E-state index in [9.17, 15) is 9.90 Å². The standard InChI is InChI=1S/C12H11Br3N2O3/c1-3-20-12(19)10(6(2)18)16-17-11-8(14)4-7(13)5-9(11)15/h4-5,18H,3H2,1-2H3/b10-6+,17-16?. The molecule has 0 aliphatic carbocycles. The van der Waals surface area contributed by atoms with Gasteiger partial charge in [0.2, 0.25) is 5.70 Å².